The summed E-state index contributed by atoms with van der Waals surface area (Å²) in [6.07, 6.45) is 1.41. The second-order valence-corrected chi connectivity index (χ2v) is 5.75. The molecule has 0 saturated carbocycles. The highest BCUT2D eigenvalue weighted by Gasteiger charge is 2.12. The number of aromatic amines is 1. The maximum Gasteiger partial charge on any atom is 0.149 e. The van der Waals surface area contributed by atoms with Gasteiger partial charge in [0.25, 0.3) is 0 Å². The monoisotopic (exact) mass is 325 g/mol. The molecule has 0 aliphatic rings. The average molecular weight is 326 g/mol. The largest absolute Gasteiger partial charge is 0.337 e. The van der Waals surface area contributed by atoms with Gasteiger partial charge in [-0.1, -0.05) is 17.7 Å². The van der Waals surface area contributed by atoms with Crippen molar-refractivity contribution >= 4 is 34.3 Å². The molecule has 3 rings (SSSR count). The summed E-state index contributed by atoms with van der Waals surface area (Å²) >= 11 is 6.01. The van der Waals surface area contributed by atoms with Crippen LogP contribution in [0.15, 0.2) is 30.3 Å². The standard InChI is InChI=1S/C18H13ClFN3/c1-10-6-16-17(7-11(10)2)23-18(22-16)12(9-21)8-13-14(19)4-3-5-15(13)20/h3-8H,1-2H3,(H,22,23). The lowest BCUT2D eigenvalue weighted by Crippen LogP contribution is -1.88. The quantitative estimate of drug-likeness (QED) is 0.671. The first-order valence-corrected chi connectivity index (χ1v) is 7.40. The second-order valence-electron chi connectivity index (χ2n) is 5.34. The Hall–Kier alpha value is -2.64. The van der Waals surface area contributed by atoms with Gasteiger partial charge in [0.1, 0.15) is 17.7 Å². The number of aromatic nitrogens is 2. The van der Waals surface area contributed by atoms with Gasteiger partial charge in [0.15, 0.2) is 0 Å². The van der Waals surface area contributed by atoms with Crippen LogP contribution in [0.3, 0.4) is 0 Å². The van der Waals surface area contributed by atoms with Gasteiger partial charge >= 0.3 is 0 Å². The first-order valence-electron chi connectivity index (χ1n) is 7.02. The van der Waals surface area contributed by atoms with E-state index in [0.717, 1.165) is 22.2 Å². The highest BCUT2D eigenvalue weighted by molar-refractivity contribution is 6.32. The Bertz CT molecular complexity index is 921. The lowest BCUT2D eigenvalue weighted by atomic mass is 10.1. The van der Waals surface area contributed by atoms with Gasteiger partial charge in [0.2, 0.25) is 0 Å². The van der Waals surface area contributed by atoms with E-state index in [0.29, 0.717) is 5.82 Å². The number of nitrogens with zero attached hydrogens (tertiary/aromatic N) is 2. The van der Waals surface area contributed by atoms with E-state index in [-0.39, 0.29) is 16.2 Å². The van der Waals surface area contributed by atoms with Gasteiger partial charge in [-0.2, -0.15) is 5.26 Å². The number of hydrogen-bond donors (Lipinski definition) is 1. The van der Waals surface area contributed by atoms with Crippen molar-refractivity contribution in [1.82, 2.24) is 9.97 Å². The van der Waals surface area contributed by atoms with E-state index in [2.05, 4.69) is 16.0 Å². The molecular weight excluding hydrogens is 313 g/mol. The molecule has 1 aromatic heterocycles. The predicted octanol–water partition coefficient (Wildman–Crippen LogP) is 5.04. The molecule has 0 aliphatic heterocycles. The summed E-state index contributed by atoms with van der Waals surface area (Å²) < 4.78 is 13.9. The first kappa shape index (κ1) is 15.3. The van der Waals surface area contributed by atoms with Crippen LogP contribution in [-0.2, 0) is 0 Å². The molecule has 0 amide bonds. The SMILES string of the molecule is Cc1cc2nc(C(C#N)=Cc3c(F)cccc3Cl)[nH]c2cc1C. The van der Waals surface area contributed by atoms with E-state index in [1.54, 1.807) is 6.07 Å². The molecule has 1 N–H and O–H groups in total. The van der Waals surface area contributed by atoms with Crippen LogP contribution in [0.5, 0.6) is 0 Å². The molecule has 1 heterocycles. The molecular formula is C18H13ClFN3. The van der Waals surface area contributed by atoms with E-state index < -0.39 is 5.82 Å². The third kappa shape index (κ3) is 2.84. The minimum absolute atomic E-state index is 0.179. The number of aryl methyl sites for hydroxylation is 2. The Kier molecular flexibility index (Phi) is 3.89. The Labute approximate surface area is 138 Å². The van der Waals surface area contributed by atoms with Crippen LogP contribution in [0, 0.1) is 31.0 Å². The van der Waals surface area contributed by atoms with Gasteiger partial charge in [-0.15, -0.1) is 0 Å². The van der Waals surface area contributed by atoms with E-state index >= 15 is 0 Å². The van der Waals surface area contributed by atoms with Crippen molar-refractivity contribution in [3.63, 3.8) is 0 Å². The number of nitriles is 1. The normalized spacial score (nSPS) is 11.7. The van der Waals surface area contributed by atoms with Gasteiger partial charge in [-0.05, 0) is 55.3 Å². The van der Waals surface area contributed by atoms with E-state index in [4.69, 9.17) is 11.6 Å². The van der Waals surface area contributed by atoms with Gasteiger partial charge in [0.05, 0.1) is 21.6 Å². The molecule has 0 aliphatic carbocycles. The molecule has 0 saturated heterocycles. The first-order chi connectivity index (χ1) is 11.0. The highest BCUT2D eigenvalue weighted by atomic mass is 35.5. The summed E-state index contributed by atoms with van der Waals surface area (Å²) in [6.45, 7) is 4.01. The fourth-order valence-corrected chi connectivity index (χ4v) is 2.56. The topological polar surface area (TPSA) is 52.5 Å². The van der Waals surface area contributed by atoms with Crippen LogP contribution in [0.2, 0.25) is 5.02 Å². The third-order valence-electron chi connectivity index (χ3n) is 3.76. The number of nitrogens with one attached hydrogen (secondary N) is 1. The average Bonchev–Trinajstić information content (AvgIpc) is 2.90. The van der Waals surface area contributed by atoms with E-state index in [1.807, 2.05) is 26.0 Å². The molecule has 0 fully saturated rings. The third-order valence-corrected chi connectivity index (χ3v) is 4.09. The number of allylic oxidation sites excluding steroid dienone is 1. The molecule has 0 unspecified atom stereocenters. The molecule has 0 radical (unpaired) electrons. The maximum absolute atomic E-state index is 13.9. The molecule has 0 spiro atoms. The van der Waals surface area contributed by atoms with Gasteiger partial charge < -0.3 is 4.98 Å². The molecule has 2 aromatic carbocycles. The lowest BCUT2D eigenvalue weighted by molar-refractivity contribution is 0.625. The molecule has 0 bridgehead atoms. The van der Waals surface area contributed by atoms with Crippen molar-refractivity contribution in [2.75, 3.05) is 0 Å². The summed E-state index contributed by atoms with van der Waals surface area (Å²) in [5, 5.41) is 9.66. The number of imidazole rings is 1. The minimum atomic E-state index is -0.479. The Morgan fingerprint density at radius 1 is 1.30 bits per heavy atom. The zero-order chi connectivity index (χ0) is 16.6. The fourth-order valence-electron chi connectivity index (χ4n) is 2.34. The lowest BCUT2D eigenvalue weighted by Gasteiger charge is -2.00. The van der Waals surface area contributed by atoms with Crippen molar-refractivity contribution < 1.29 is 4.39 Å². The number of hydrogen-bond acceptors (Lipinski definition) is 2. The van der Waals surface area contributed by atoms with Crippen molar-refractivity contribution in [2.24, 2.45) is 0 Å². The zero-order valence-corrected chi connectivity index (χ0v) is 13.4. The van der Waals surface area contributed by atoms with Crippen molar-refractivity contribution in [3.8, 4) is 6.07 Å². The zero-order valence-electron chi connectivity index (χ0n) is 12.6. The van der Waals surface area contributed by atoms with Crippen LogP contribution in [0.4, 0.5) is 4.39 Å². The van der Waals surface area contributed by atoms with Crippen LogP contribution in [-0.4, -0.2) is 9.97 Å². The highest BCUT2D eigenvalue weighted by Crippen LogP contribution is 2.26. The maximum atomic E-state index is 13.9. The van der Waals surface area contributed by atoms with Crippen LogP contribution in [0.1, 0.15) is 22.5 Å². The van der Waals surface area contributed by atoms with Crippen LogP contribution < -0.4 is 0 Å². The van der Waals surface area contributed by atoms with Crippen LogP contribution >= 0.6 is 11.6 Å². The molecule has 0 atom stereocenters. The summed E-state index contributed by atoms with van der Waals surface area (Å²) in [5.41, 5.74) is 4.26. The van der Waals surface area contributed by atoms with Crippen molar-refractivity contribution in [2.45, 2.75) is 13.8 Å². The fraction of sp³-hybridized carbons (Fsp3) is 0.111. The predicted molar refractivity (Wildman–Crippen MR) is 90.5 cm³/mol. The molecule has 23 heavy (non-hydrogen) atoms. The summed E-state index contributed by atoms with van der Waals surface area (Å²) in [6, 6.07) is 10.4. The number of halogens is 2. The van der Waals surface area contributed by atoms with Crippen molar-refractivity contribution in [1.29, 1.82) is 5.26 Å². The van der Waals surface area contributed by atoms with Crippen molar-refractivity contribution in [3.05, 3.63) is 63.7 Å². The Morgan fingerprint density at radius 3 is 2.74 bits per heavy atom. The summed E-state index contributed by atoms with van der Waals surface area (Å²) in [4.78, 5) is 7.54. The molecule has 5 heteroatoms. The number of fused-ring (bicyclic) bond motifs is 1. The number of rotatable bonds is 2. The summed E-state index contributed by atoms with van der Waals surface area (Å²) in [7, 11) is 0. The van der Waals surface area contributed by atoms with Gasteiger partial charge in [0, 0.05) is 5.56 Å². The molecule has 3 aromatic rings. The smallest absolute Gasteiger partial charge is 0.149 e. The minimum Gasteiger partial charge on any atom is -0.337 e. The van der Waals surface area contributed by atoms with Crippen LogP contribution in [0.25, 0.3) is 22.7 Å². The van der Waals surface area contributed by atoms with Gasteiger partial charge in [-0.25, -0.2) is 9.37 Å². The second kappa shape index (κ2) is 5.86. The molecule has 3 nitrogen and oxygen atoms in total. The Balaban J connectivity index is 2.15. The van der Waals surface area contributed by atoms with E-state index in [9.17, 15) is 9.65 Å². The Morgan fingerprint density at radius 2 is 2.04 bits per heavy atom. The number of H-pyrrole nitrogens is 1. The summed E-state index contributed by atoms with van der Waals surface area (Å²) in [5.74, 6) is -0.0835. The number of benzene rings is 2. The van der Waals surface area contributed by atoms with Gasteiger partial charge in [-0.3, -0.25) is 0 Å². The van der Waals surface area contributed by atoms with E-state index in [1.165, 1.54) is 18.2 Å². The molecule has 114 valence electrons.